The predicted molar refractivity (Wildman–Crippen MR) is 65.8 cm³/mol. The van der Waals surface area contributed by atoms with Gasteiger partial charge in [0, 0.05) is 23.2 Å². The van der Waals surface area contributed by atoms with E-state index < -0.39 is 11.7 Å². The van der Waals surface area contributed by atoms with Gasteiger partial charge in [0.05, 0.1) is 11.3 Å². The molecule has 96 valence electrons. The van der Waals surface area contributed by atoms with Crippen molar-refractivity contribution in [3.8, 4) is 11.3 Å². The van der Waals surface area contributed by atoms with Crippen molar-refractivity contribution in [2.24, 2.45) is 7.05 Å². The van der Waals surface area contributed by atoms with E-state index in [0.717, 1.165) is 6.07 Å². The Morgan fingerprint density at radius 2 is 1.94 bits per heavy atom. The zero-order chi connectivity index (χ0) is 13.5. The van der Waals surface area contributed by atoms with E-state index in [2.05, 4.69) is 21.0 Å². The van der Waals surface area contributed by atoms with Crippen LogP contribution in [-0.4, -0.2) is 9.78 Å². The van der Waals surface area contributed by atoms with E-state index in [9.17, 15) is 13.2 Å². The summed E-state index contributed by atoms with van der Waals surface area (Å²) in [6.45, 7) is 0. The van der Waals surface area contributed by atoms with Crippen molar-refractivity contribution in [2.75, 3.05) is 5.73 Å². The average molecular weight is 320 g/mol. The molecule has 0 aliphatic heterocycles. The number of hydrogen-bond acceptors (Lipinski definition) is 2. The van der Waals surface area contributed by atoms with E-state index in [1.807, 2.05) is 0 Å². The van der Waals surface area contributed by atoms with Crippen molar-refractivity contribution in [3.63, 3.8) is 0 Å². The van der Waals surface area contributed by atoms with E-state index in [-0.39, 0.29) is 4.47 Å². The largest absolute Gasteiger partial charge is 0.417 e. The van der Waals surface area contributed by atoms with Crippen molar-refractivity contribution in [3.05, 3.63) is 34.3 Å². The summed E-state index contributed by atoms with van der Waals surface area (Å²) in [6, 6.07) is 5.49. The summed E-state index contributed by atoms with van der Waals surface area (Å²) < 4.78 is 39.7. The molecule has 0 unspecified atom stereocenters. The minimum atomic E-state index is -4.41. The molecule has 0 saturated carbocycles. The van der Waals surface area contributed by atoms with Gasteiger partial charge in [0.1, 0.15) is 5.82 Å². The van der Waals surface area contributed by atoms with Crippen LogP contribution in [0.15, 0.2) is 28.7 Å². The van der Waals surface area contributed by atoms with E-state index >= 15 is 0 Å². The maximum Gasteiger partial charge on any atom is 0.417 e. The molecule has 0 amide bonds. The molecule has 1 heterocycles. The number of benzene rings is 1. The molecule has 0 saturated heterocycles. The number of nitrogens with two attached hydrogens (primary N) is 1. The number of anilines is 1. The molecule has 3 nitrogen and oxygen atoms in total. The van der Waals surface area contributed by atoms with E-state index in [0.29, 0.717) is 17.1 Å². The molecule has 0 atom stereocenters. The third kappa shape index (κ3) is 2.35. The second kappa shape index (κ2) is 4.31. The fraction of sp³-hybridized carbons (Fsp3) is 0.182. The van der Waals surface area contributed by atoms with Crippen LogP contribution in [0.2, 0.25) is 0 Å². The molecule has 2 aromatic rings. The van der Waals surface area contributed by atoms with Gasteiger partial charge in [0.25, 0.3) is 0 Å². The molecule has 1 aromatic carbocycles. The van der Waals surface area contributed by atoms with Gasteiger partial charge in [-0.25, -0.2) is 0 Å². The Bertz CT molecular complexity index is 570. The van der Waals surface area contributed by atoms with Gasteiger partial charge in [-0.15, -0.1) is 0 Å². The second-order valence-electron chi connectivity index (χ2n) is 3.77. The standard InChI is InChI=1S/C11H9BrF3N3/c1-18-10(16)5-9(17-18)6-2-3-8(12)7(4-6)11(13,14)15/h2-5H,16H2,1H3. The van der Waals surface area contributed by atoms with Gasteiger partial charge in [-0.2, -0.15) is 18.3 Å². The van der Waals surface area contributed by atoms with Crippen molar-refractivity contribution in [2.45, 2.75) is 6.18 Å². The summed E-state index contributed by atoms with van der Waals surface area (Å²) in [5, 5.41) is 4.04. The summed E-state index contributed by atoms with van der Waals surface area (Å²) in [5.41, 5.74) is 5.65. The normalized spacial score (nSPS) is 11.8. The smallest absolute Gasteiger partial charge is 0.384 e. The molecule has 0 bridgehead atoms. The van der Waals surface area contributed by atoms with E-state index in [1.54, 1.807) is 13.1 Å². The summed E-state index contributed by atoms with van der Waals surface area (Å²) in [6.07, 6.45) is -4.41. The Morgan fingerprint density at radius 1 is 1.28 bits per heavy atom. The Kier molecular flexibility index (Phi) is 3.10. The molecule has 2 rings (SSSR count). The molecule has 18 heavy (non-hydrogen) atoms. The first-order valence-electron chi connectivity index (χ1n) is 4.95. The highest BCUT2D eigenvalue weighted by atomic mass is 79.9. The number of hydrogen-bond donors (Lipinski definition) is 1. The fourth-order valence-corrected chi connectivity index (χ4v) is 2.00. The molecular formula is C11H9BrF3N3. The van der Waals surface area contributed by atoms with Gasteiger partial charge in [-0.3, -0.25) is 4.68 Å². The van der Waals surface area contributed by atoms with Crippen LogP contribution in [0.25, 0.3) is 11.3 Å². The Hall–Kier alpha value is -1.50. The highest BCUT2D eigenvalue weighted by Gasteiger charge is 2.33. The lowest BCUT2D eigenvalue weighted by molar-refractivity contribution is -0.138. The van der Waals surface area contributed by atoms with Crippen LogP contribution in [0, 0.1) is 0 Å². The van der Waals surface area contributed by atoms with Gasteiger partial charge in [0.15, 0.2) is 0 Å². The fourth-order valence-electron chi connectivity index (χ4n) is 1.52. The van der Waals surface area contributed by atoms with Crippen LogP contribution in [0.5, 0.6) is 0 Å². The quantitative estimate of drug-likeness (QED) is 0.875. The number of halogens is 4. The maximum atomic E-state index is 12.7. The molecule has 0 radical (unpaired) electrons. The molecule has 7 heteroatoms. The lowest BCUT2D eigenvalue weighted by Gasteiger charge is -2.10. The first-order chi connectivity index (χ1) is 8.29. The Morgan fingerprint density at radius 3 is 2.44 bits per heavy atom. The minimum Gasteiger partial charge on any atom is -0.384 e. The maximum absolute atomic E-state index is 12.7. The number of aromatic nitrogens is 2. The van der Waals surface area contributed by atoms with Crippen LogP contribution in [0.1, 0.15) is 5.56 Å². The minimum absolute atomic E-state index is 0.00246. The van der Waals surface area contributed by atoms with Gasteiger partial charge in [0.2, 0.25) is 0 Å². The molecular weight excluding hydrogens is 311 g/mol. The summed E-state index contributed by atoms with van der Waals surface area (Å²) in [5.74, 6) is 0.390. The highest BCUT2D eigenvalue weighted by Crippen LogP contribution is 2.37. The number of aryl methyl sites for hydroxylation is 1. The number of nitrogens with zero attached hydrogens (tertiary/aromatic N) is 2. The van der Waals surface area contributed by atoms with Crippen LogP contribution in [0.4, 0.5) is 19.0 Å². The van der Waals surface area contributed by atoms with Gasteiger partial charge in [-0.1, -0.05) is 22.0 Å². The summed E-state index contributed by atoms with van der Waals surface area (Å²) in [4.78, 5) is 0. The molecule has 1 aromatic heterocycles. The average Bonchev–Trinajstić information content (AvgIpc) is 2.58. The van der Waals surface area contributed by atoms with Crippen LogP contribution in [-0.2, 0) is 13.2 Å². The van der Waals surface area contributed by atoms with Crippen LogP contribution in [0.3, 0.4) is 0 Å². The Balaban J connectivity index is 2.54. The van der Waals surface area contributed by atoms with E-state index in [1.165, 1.54) is 16.8 Å². The molecule has 0 spiro atoms. The van der Waals surface area contributed by atoms with Crippen LogP contribution >= 0.6 is 15.9 Å². The summed E-state index contributed by atoms with van der Waals surface area (Å²) >= 11 is 2.89. The molecule has 0 fully saturated rings. The summed E-state index contributed by atoms with van der Waals surface area (Å²) in [7, 11) is 1.63. The first kappa shape index (κ1) is 12.9. The SMILES string of the molecule is Cn1nc(-c2ccc(Br)c(C(F)(F)F)c2)cc1N. The van der Waals surface area contributed by atoms with E-state index in [4.69, 9.17) is 5.73 Å². The van der Waals surface area contributed by atoms with Crippen molar-refractivity contribution < 1.29 is 13.2 Å². The number of nitrogen functional groups attached to an aromatic ring is 1. The lowest BCUT2D eigenvalue weighted by Crippen LogP contribution is -2.06. The molecule has 0 aliphatic rings. The zero-order valence-electron chi connectivity index (χ0n) is 9.29. The first-order valence-corrected chi connectivity index (χ1v) is 5.75. The van der Waals surface area contributed by atoms with Gasteiger partial charge >= 0.3 is 6.18 Å². The second-order valence-corrected chi connectivity index (χ2v) is 4.62. The third-order valence-corrected chi connectivity index (χ3v) is 3.18. The topological polar surface area (TPSA) is 43.8 Å². The van der Waals surface area contributed by atoms with Gasteiger partial charge < -0.3 is 5.73 Å². The van der Waals surface area contributed by atoms with Gasteiger partial charge in [-0.05, 0) is 12.1 Å². The van der Waals surface area contributed by atoms with Crippen molar-refractivity contribution >= 4 is 21.7 Å². The molecule has 0 aliphatic carbocycles. The predicted octanol–water partition coefficient (Wildman–Crippen LogP) is 3.45. The zero-order valence-corrected chi connectivity index (χ0v) is 10.9. The van der Waals surface area contributed by atoms with Crippen molar-refractivity contribution in [1.82, 2.24) is 9.78 Å². The third-order valence-electron chi connectivity index (χ3n) is 2.48. The van der Waals surface area contributed by atoms with Crippen LogP contribution < -0.4 is 5.73 Å². The highest BCUT2D eigenvalue weighted by molar-refractivity contribution is 9.10. The monoisotopic (exact) mass is 319 g/mol. The Labute approximate surface area is 110 Å². The molecule has 2 N–H and O–H groups in total. The number of alkyl halides is 3. The number of rotatable bonds is 1. The lowest BCUT2D eigenvalue weighted by atomic mass is 10.1. The van der Waals surface area contributed by atoms with Crippen molar-refractivity contribution in [1.29, 1.82) is 0 Å².